The maximum atomic E-state index is 12.5. The Morgan fingerprint density at radius 3 is 2.62 bits per heavy atom. The van der Waals surface area contributed by atoms with Crippen molar-refractivity contribution in [1.29, 1.82) is 0 Å². The van der Waals surface area contributed by atoms with Gasteiger partial charge >= 0.3 is 0 Å². The van der Waals surface area contributed by atoms with E-state index in [0.29, 0.717) is 5.56 Å². The SMILES string of the molecule is COc1ccc(C(=O)/C=C/c2cnn(C)c2)cc1-c1ccccc1. The fraction of sp³-hybridized carbons (Fsp3) is 0.100. The normalized spacial score (nSPS) is 10.9. The van der Waals surface area contributed by atoms with Crippen LogP contribution in [0.5, 0.6) is 5.75 Å². The molecule has 120 valence electrons. The minimum Gasteiger partial charge on any atom is -0.496 e. The predicted molar refractivity (Wildman–Crippen MR) is 95.0 cm³/mol. The Bertz CT molecular complexity index is 880. The van der Waals surface area contributed by atoms with E-state index in [4.69, 9.17) is 4.74 Å². The Labute approximate surface area is 141 Å². The predicted octanol–water partition coefficient (Wildman–Crippen LogP) is 3.99. The van der Waals surface area contributed by atoms with Crippen LogP contribution in [0.2, 0.25) is 0 Å². The number of aryl methyl sites for hydroxylation is 1. The molecule has 0 saturated heterocycles. The molecule has 0 fully saturated rings. The molecule has 24 heavy (non-hydrogen) atoms. The van der Waals surface area contributed by atoms with Gasteiger partial charge in [0.05, 0.1) is 13.3 Å². The molecule has 0 N–H and O–H groups in total. The molecule has 0 spiro atoms. The summed E-state index contributed by atoms with van der Waals surface area (Å²) >= 11 is 0. The summed E-state index contributed by atoms with van der Waals surface area (Å²) < 4.78 is 7.13. The van der Waals surface area contributed by atoms with Crippen LogP contribution in [0.3, 0.4) is 0 Å². The third-order valence-corrected chi connectivity index (χ3v) is 3.72. The second-order valence-corrected chi connectivity index (χ2v) is 5.43. The molecule has 0 aliphatic heterocycles. The lowest BCUT2D eigenvalue weighted by Gasteiger charge is -2.10. The van der Waals surface area contributed by atoms with E-state index < -0.39 is 0 Å². The highest BCUT2D eigenvalue weighted by Crippen LogP contribution is 2.31. The maximum absolute atomic E-state index is 12.5. The van der Waals surface area contributed by atoms with Crippen LogP contribution >= 0.6 is 0 Å². The van der Waals surface area contributed by atoms with Crippen molar-refractivity contribution in [3.05, 3.63) is 78.1 Å². The summed E-state index contributed by atoms with van der Waals surface area (Å²) in [5.41, 5.74) is 3.43. The molecule has 0 amide bonds. The standard InChI is InChI=1S/C20H18N2O2/c1-22-14-15(13-21-22)8-10-19(23)17-9-11-20(24-2)18(12-17)16-6-4-3-5-7-16/h3-14H,1-2H3/b10-8+. The van der Waals surface area contributed by atoms with Crippen LogP contribution in [-0.4, -0.2) is 22.7 Å². The number of methoxy groups -OCH3 is 1. The molecular formula is C20H18N2O2. The van der Waals surface area contributed by atoms with Gasteiger partial charge in [-0.15, -0.1) is 0 Å². The number of hydrogen-bond donors (Lipinski definition) is 0. The van der Waals surface area contributed by atoms with Crippen molar-refractivity contribution in [2.45, 2.75) is 0 Å². The Morgan fingerprint density at radius 2 is 1.96 bits per heavy atom. The summed E-state index contributed by atoms with van der Waals surface area (Å²) in [6, 6.07) is 15.4. The van der Waals surface area contributed by atoms with Crippen molar-refractivity contribution in [3.63, 3.8) is 0 Å². The van der Waals surface area contributed by atoms with Gasteiger partial charge in [-0.3, -0.25) is 9.48 Å². The van der Waals surface area contributed by atoms with E-state index in [2.05, 4.69) is 5.10 Å². The van der Waals surface area contributed by atoms with E-state index in [1.807, 2.05) is 55.7 Å². The second-order valence-electron chi connectivity index (χ2n) is 5.43. The van der Waals surface area contributed by atoms with Crippen LogP contribution in [0.4, 0.5) is 0 Å². The van der Waals surface area contributed by atoms with Gasteiger partial charge in [0.1, 0.15) is 5.75 Å². The first-order valence-corrected chi connectivity index (χ1v) is 7.62. The number of aromatic nitrogens is 2. The molecule has 0 bridgehead atoms. The zero-order valence-corrected chi connectivity index (χ0v) is 13.6. The fourth-order valence-corrected chi connectivity index (χ4v) is 2.50. The van der Waals surface area contributed by atoms with Crippen molar-refractivity contribution in [2.24, 2.45) is 7.05 Å². The highest BCUT2D eigenvalue weighted by atomic mass is 16.5. The smallest absolute Gasteiger partial charge is 0.185 e. The molecule has 0 atom stereocenters. The molecule has 3 aromatic rings. The summed E-state index contributed by atoms with van der Waals surface area (Å²) in [5.74, 6) is 0.688. The number of allylic oxidation sites excluding steroid dienone is 1. The van der Waals surface area contributed by atoms with Gasteiger partial charge in [0.25, 0.3) is 0 Å². The quantitative estimate of drug-likeness (QED) is 0.528. The number of carbonyl (C=O) groups is 1. The highest BCUT2D eigenvalue weighted by molar-refractivity contribution is 6.07. The average Bonchev–Trinajstić information content (AvgIpc) is 3.05. The van der Waals surface area contributed by atoms with Crippen molar-refractivity contribution in [1.82, 2.24) is 9.78 Å². The van der Waals surface area contributed by atoms with Gasteiger partial charge in [0, 0.05) is 29.9 Å². The van der Waals surface area contributed by atoms with E-state index >= 15 is 0 Å². The van der Waals surface area contributed by atoms with E-state index in [1.165, 1.54) is 0 Å². The van der Waals surface area contributed by atoms with Gasteiger partial charge in [-0.1, -0.05) is 30.3 Å². The fourth-order valence-electron chi connectivity index (χ4n) is 2.50. The zero-order valence-electron chi connectivity index (χ0n) is 13.6. The van der Waals surface area contributed by atoms with Crippen LogP contribution in [0.25, 0.3) is 17.2 Å². The Morgan fingerprint density at radius 1 is 1.17 bits per heavy atom. The first kappa shape index (κ1) is 15.7. The zero-order chi connectivity index (χ0) is 16.9. The van der Waals surface area contributed by atoms with Crippen LogP contribution in [-0.2, 0) is 7.05 Å². The molecule has 0 aliphatic rings. The third kappa shape index (κ3) is 3.43. The molecule has 4 heteroatoms. The lowest BCUT2D eigenvalue weighted by molar-refractivity contribution is 0.104. The highest BCUT2D eigenvalue weighted by Gasteiger charge is 2.10. The Kier molecular flexibility index (Phi) is 4.57. The van der Waals surface area contributed by atoms with Crippen LogP contribution in [0.1, 0.15) is 15.9 Å². The second kappa shape index (κ2) is 6.96. The lowest BCUT2D eigenvalue weighted by Crippen LogP contribution is -1.96. The number of hydrogen-bond acceptors (Lipinski definition) is 3. The van der Waals surface area contributed by atoms with Gasteiger partial charge in [-0.2, -0.15) is 5.10 Å². The molecule has 3 rings (SSSR count). The van der Waals surface area contributed by atoms with Crippen molar-refractivity contribution >= 4 is 11.9 Å². The van der Waals surface area contributed by atoms with E-state index in [-0.39, 0.29) is 5.78 Å². The summed E-state index contributed by atoms with van der Waals surface area (Å²) in [4.78, 5) is 12.5. The largest absolute Gasteiger partial charge is 0.496 e. The number of nitrogens with zero attached hydrogens (tertiary/aromatic N) is 2. The molecule has 2 aromatic carbocycles. The first-order valence-electron chi connectivity index (χ1n) is 7.62. The number of benzene rings is 2. The van der Waals surface area contributed by atoms with Crippen LogP contribution in [0.15, 0.2) is 67.0 Å². The van der Waals surface area contributed by atoms with E-state index in [1.54, 1.807) is 36.2 Å². The van der Waals surface area contributed by atoms with Gasteiger partial charge in [0.2, 0.25) is 0 Å². The lowest BCUT2D eigenvalue weighted by atomic mass is 10.00. The molecule has 0 unspecified atom stereocenters. The monoisotopic (exact) mass is 318 g/mol. The van der Waals surface area contributed by atoms with Gasteiger partial charge in [-0.05, 0) is 35.9 Å². The van der Waals surface area contributed by atoms with E-state index in [0.717, 1.165) is 22.4 Å². The average molecular weight is 318 g/mol. The van der Waals surface area contributed by atoms with Gasteiger partial charge in [-0.25, -0.2) is 0 Å². The topological polar surface area (TPSA) is 44.1 Å². The van der Waals surface area contributed by atoms with Crippen LogP contribution in [0, 0.1) is 0 Å². The summed E-state index contributed by atoms with van der Waals surface area (Å²) in [6.07, 6.45) is 6.90. The molecule has 1 aromatic heterocycles. The number of ether oxygens (including phenoxy) is 1. The van der Waals surface area contributed by atoms with Gasteiger partial charge in [0.15, 0.2) is 5.78 Å². The minimum absolute atomic E-state index is 0.0568. The Hall–Kier alpha value is -3.14. The summed E-state index contributed by atoms with van der Waals surface area (Å²) in [6.45, 7) is 0. The number of carbonyl (C=O) groups excluding carboxylic acids is 1. The summed E-state index contributed by atoms with van der Waals surface area (Å²) in [7, 11) is 3.47. The summed E-state index contributed by atoms with van der Waals surface area (Å²) in [5, 5.41) is 4.08. The molecular weight excluding hydrogens is 300 g/mol. The number of ketones is 1. The van der Waals surface area contributed by atoms with Crippen molar-refractivity contribution in [2.75, 3.05) is 7.11 Å². The molecule has 0 radical (unpaired) electrons. The number of rotatable bonds is 5. The molecule has 4 nitrogen and oxygen atoms in total. The van der Waals surface area contributed by atoms with Crippen LogP contribution < -0.4 is 4.74 Å². The third-order valence-electron chi connectivity index (χ3n) is 3.72. The minimum atomic E-state index is -0.0568. The molecule has 1 heterocycles. The van der Waals surface area contributed by atoms with E-state index in [9.17, 15) is 4.79 Å². The van der Waals surface area contributed by atoms with Gasteiger partial charge < -0.3 is 4.74 Å². The van der Waals surface area contributed by atoms with Crippen molar-refractivity contribution < 1.29 is 9.53 Å². The van der Waals surface area contributed by atoms with Crippen molar-refractivity contribution in [3.8, 4) is 16.9 Å². The first-order chi connectivity index (χ1) is 11.7. The Balaban J connectivity index is 1.91. The molecule has 0 saturated carbocycles. The maximum Gasteiger partial charge on any atom is 0.185 e. The molecule has 0 aliphatic carbocycles.